The lowest BCUT2D eigenvalue weighted by atomic mass is 9.87. The van der Waals surface area contributed by atoms with Crippen LogP contribution >= 0.6 is 28.3 Å². The summed E-state index contributed by atoms with van der Waals surface area (Å²) >= 11 is 3.02. The highest BCUT2D eigenvalue weighted by Crippen LogP contribution is 2.37. The summed E-state index contributed by atoms with van der Waals surface area (Å²) in [6, 6.07) is 2.59. The normalized spacial score (nSPS) is 18.2. The molecule has 1 atom stereocenters. The van der Waals surface area contributed by atoms with Crippen molar-refractivity contribution in [3.05, 3.63) is 28.0 Å². The number of aromatic hydroxyl groups is 1. The summed E-state index contributed by atoms with van der Waals surface area (Å²) in [6.07, 6.45) is 1.74. The first-order valence-corrected chi connectivity index (χ1v) is 6.40. The van der Waals surface area contributed by atoms with Crippen molar-refractivity contribution in [3.8, 4) is 5.75 Å². The minimum atomic E-state index is -0.481. The molecule has 1 aliphatic rings. The Bertz CT molecular complexity index is 413. The number of ether oxygens (including phenoxy) is 1. The van der Waals surface area contributed by atoms with Crippen LogP contribution in [0.15, 0.2) is 16.6 Å². The van der Waals surface area contributed by atoms with Gasteiger partial charge in [0.2, 0.25) is 0 Å². The quantitative estimate of drug-likeness (QED) is 0.869. The number of phenols is 1. The highest BCUT2D eigenvalue weighted by Gasteiger charge is 2.25. The molecule has 1 aliphatic heterocycles. The van der Waals surface area contributed by atoms with Gasteiger partial charge in [-0.25, -0.2) is 4.39 Å². The molecule has 0 aliphatic carbocycles. The molecule has 1 saturated heterocycles. The molecule has 3 N–H and O–H groups in total. The number of benzene rings is 1. The van der Waals surface area contributed by atoms with Crippen LogP contribution in [0.2, 0.25) is 0 Å². The molecule has 3 nitrogen and oxygen atoms in total. The predicted octanol–water partition coefficient (Wildman–Crippen LogP) is 3.14. The molecule has 0 amide bonds. The Morgan fingerprint density at radius 2 is 2.00 bits per heavy atom. The number of hydrogen-bond donors (Lipinski definition) is 2. The van der Waals surface area contributed by atoms with E-state index >= 15 is 0 Å². The van der Waals surface area contributed by atoms with E-state index < -0.39 is 5.82 Å². The van der Waals surface area contributed by atoms with E-state index in [-0.39, 0.29) is 34.6 Å². The van der Waals surface area contributed by atoms with Crippen molar-refractivity contribution in [1.29, 1.82) is 0 Å². The van der Waals surface area contributed by atoms with Crippen LogP contribution in [0.3, 0.4) is 0 Å². The molecule has 18 heavy (non-hydrogen) atoms. The summed E-state index contributed by atoms with van der Waals surface area (Å²) in [5.74, 6) is -0.304. The Morgan fingerprint density at radius 1 is 1.39 bits per heavy atom. The third-order valence-electron chi connectivity index (χ3n) is 3.23. The highest BCUT2D eigenvalue weighted by molar-refractivity contribution is 9.10. The second kappa shape index (κ2) is 6.70. The molecule has 0 radical (unpaired) electrons. The standard InChI is InChI=1S/C12H15BrFNO2.ClH/c13-10-9(14)2-1-8(12(10)16)11(15)7-3-5-17-6-4-7;/h1-2,7,11,16H,3-6,15H2;1H/t11-;/m1./s1. The van der Waals surface area contributed by atoms with Gasteiger partial charge >= 0.3 is 0 Å². The van der Waals surface area contributed by atoms with E-state index in [1.165, 1.54) is 6.07 Å². The molecule has 0 unspecified atom stereocenters. The average molecular weight is 341 g/mol. The van der Waals surface area contributed by atoms with Crippen molar-refractivity contribution in [2.45, 2.75) is 18.9 Å². The van der Waals surface area contributed by atoms with Gasteiger partial charge in [0, 0.05) is 24.8 Å². The maximum Gasteiger partial charge on any atom is 0.141 e. The Labute approximate surface area is 120 Å². The van der Waals surface area contributed by atoms with Gasteiger partial charge in [-0.2, -0.15) is 0 Å². The fourth-order valence-electron chi connectivity index (χ4n) is 2.15. The van der Waals surface area contributed by atoms with E-state index in [1.54, 1.807) is 6.07 Å². The topological polar surface area (TPSA) is 55.5 Å². The summed E-state index contributed by atoms with van der Waals surface area (Å²) in [5.41, 5.74) is 6.72. The first-order chi connectivity index (χ1) is 8.11. The van der Waals surface area contributed by atoms with Crippen molar-refractivity contribution in [3.63, 3.8) is 0 Å². The van der Waals surface area contributed by atoms with Gasteiger partial charge in [0.25, 0.3) is 0 Å². The number of phenolic OH excluding ortho intramolecular Hbond substituents is 1. The number of hydrogen-bond acceptors (Lipinski definition) is 3. The third-order valence-corrected chi connectivity index (χ3v) is 3.99. The molecule has 1 aromatic carbocycles. The van der Waals surface area contributed by atoms with Gasteiger partial charge in [0.1, 0.15) is 11.6 Å². The molecule has 2 rings (SSSR count). The number of halogens is 3. The maximum absolute atomic E-state index is 13.2. The summed E-state index contributed by atoms with van der Waals surface area (Å²) in [6.45, 7) is 1.39. The SMILES string of the molecule is Cl.N[C@@H](c1ccc(F)c(Br)c1O)C1CCOCC1. The smallest absolute Gasteiger partial charge is 0.141 e. The first kappa shape index (κ1) is 15.7. The van der Waals surface area contributed by atoms with E-state index in [4.69, 9.17) is 10.5 Å². The Balaban J connectivity index is 0.00000162. The van der Waals surface area contributed by atoms with Crippen molar-refractivity contribution < 1.29 is 14.2 Å². The van der Waals surface area contributed by atoms with Crippen LogP contribution in [0.1, 0.15) is 24.4 Å². The monoisotopic (exact) mass is 339 g/mol. The van der Waals surface area contributed by atoms with Gasteiger partial charge in [-0.1, -0.05) is 6.07 Å². The first-order valence-electron chi connectivity index (χ1n) is 5.61. The molecule has 6 heteroatoms. The summed E-state index contributed by atoms with van der Waals surface area (Å²) in [7, 11) is 0. The van der Waals surface area contributed by atoms with E-state index in [0.29, 0.717) is 18.8 Å². The molecule has 0 bridgehead atoms. The molecular weight excluding hydrogens is 324 g/mol. The van der Waals surface area contributed by atoms with E-state index in [2.05, 4.69) is 15.9 Å². The van der Waals surface area contributed by atoms with Crippen LogP contribution in [-0.4, -0.2) is 18.3 Å². The summed E-state index contributed by atoms with van der Waals surface area (Å²) in [4.78, 5) is 0. The molecule has 0 saturated carbocycles. The Morgan fingerprint density at radius 3 is 2.61 bits per heavy atom. The van der Waals surface area contributed by atoms with Crippen LogP contribution in [0.25, 0.3) is 0 Å². The molecule has 1 heterocycles. The van der Waals surface area contributed by atoms with Crippen LogP contribution in [-0.2, 0) is 4.74 Å². The van der Waals surface area contributed by atoms with Crippen LogP contribution < -0.4 is 5.73 Å². The zero-order valence-corrected chi connectivity index (χ0v) is 12.1. The lowest BCUT2D eigenvalue weighted by molar-refractivity contribution is 0.0581. The maximum atomic E-state index is 13.2. The summed E-state index contributed by atoms with van der Waals surface area (Å²) < 4.78 is 18.6. The van der Waals surface area contributed by atoms with Crippen molar-refractivity contribution in [2.24, 2.45) is 11.7 Å². The molecule has 1 aromatic rings. The molecule has 0 aromatic heterocycles. The lowest BCUT2D eigenvalue weighted by Gasteiger charge is -2.28. The van der Waals surface area contributed by atoms with Gasteiger partial charge in [0.15, 0.2) is 0 Å². The van der Waals surface area contributed by atoms with E-state index in [0.717, 1.165) is 12.8 Å². The number of rotatable bonds is 2. The fraction of sp³-hybridized carbons (Fsp3) is 0.500. The third kappa shape index (κ3) is 3.15. The largest absolute Gasteiger partial charge is 0.506 e. The summed E-state index contributed by atoms with van der Waals surface area (Å²) in [5, 5.41) is 9.88. The second-order valence-electron chi connectivity index (χ2n) is 4.27. The zero-order chi connectivity index (χ0) is 12.4. The van der Waals surface area contributed by atoms with Gasteiger partial charge in [-0.3, -0.25) is 0 Å². The highest BCUT2D eigenvalue weighted by atomic mass is 79.9. The van der Waals surface area contributed by atoms with Crippen molar-refractivity contribution in [1.82, 2.24) is 0 Å². The number of nitrogens with two attached hydrogens (primary N) is 1. The van der Waals surface area contributed by atoms with Crippen LogP contribution in [0.4, 0.5) is 4.39 Å². The Hall–Kier alpha value is -0.360. The van der Waals surface area contributed by atoms with Crippen LogP contribution in [0, 0.1) is 11.7 Å². The molecular formula is C12H16BrClFNO2. The molecule has 0 spiro atoms. The minimum absolute atomic E-state index is 0. The van der Waals surface area contributed by atoms with Gasteiger partial charge in [0.05, 0.1) is 4.47 Å². The Kier molecular flexibility index (Phi) is 5.85. The average Bonchev–Trinajstić information content (AvgIpc) is 2.36. The second-order valence-corrected chi connectivity index (χ2v) is 5.07. The van der Waals surface area contributed by atoms with E-state index in [9.17, 15) is 9.50 Å². The van der Waals surface area contributed by atoms with Crippen molar-refractivity contribution in [2.75, 3.05) is 13.2 Å². The zero-order valence-electron chi connectivity index (χ0n) is 9.73. The molecule has 102 valence electrons. The predicted molar refractivity (Wildman–Crippen MR) is 73.5 cm³/mol. The fourth-order valence-corrected chi connectivity index (χ4v) is 2.51. The van der Waals surface area contributed by atoms with Crippen molar-refractivity contribution >= 4 is 28.3 Å². The molecule has 1 fully saturated rings. The minimum Gasteiger partial charge on any atom is -0.506 e. The van der Waals surface area contributed by atoms with Gasteiger partial charge in [-0.05, 0) is 40.8 Å². The lowest BCUT2D eigenvalue weighted by Crippen LogP contribution is -2.27. The van der Waals surface area contributed by atoms with Crippen LogP contribution in [0.5, 0.6) is 5.75 Å². The van der Waals surface area contributed by atoms with Gasteiger partial charge < -0.3 is 15.6 Å². The van der Waals surface area contributed by atoms with Gasteiger partial charge in [-0.15, -0.1) is 12.4 Å². The van der Waals surface area contributed by atoms with E-state index in [1.807, 2.05) is 0 Å².